The summed E-state index contributed by atoms with van der Waals surface area (Å²) in [6.45, 7) is 1.94. The molecule has 0 aliphatic carbocycles. The van der Waals surface area contributed by atoms with Crippen LogP contribution in [0.25, 0.3) is 0 Å². The number of alkyl halides is 3. The van der Waals surface area contributed by atoms with Crippen molar-refractivity contribution in [2.45, 2.75) is 38.8 Å². The maximum atomic E-state index is 13.2. The average molecular weight is 440 g/mol. The number of aromatic nitrogens is 2. The first-order chi connectivity index (χ1) is 15.3. The molecule has 0 fully saturated rings. The highest BCUT2D eigenvalue weighted by atomic mass is 19.4. The molecule has 0 N–H and O–H groups in total. The van der Waals surface area contributed by atoms with Crippen LogP contribution in [0.5, 0.6) is 5.75 Å². The normalized spacial score (nSPS) is 14.0. The highest BCUT2D eigenvalue weighted by Gasteiger charge is 2.39. The molecule has 6 nitrogen and oxygen atoms in total. The summed E-state index contributed by atoms with van der Waals surface area (Å²) in [7, 11) is 0. The van der Waals surface area contributed by atoms with E-state index in [-0.39, 0.29) is 30.0 Å². The van der Waals surface area contributed by atoms with Crippen LogP contribution < -0.4 is 4.74 Å². The van der Waals surface area contributed by atoms with Crippen LogP contribution in [-0.2, 0) is 19.6 Å². The van der Waals surface area contributed by atoms with Crippen LogP contribution in [0.2, 0.25) is 0 Å². The number of nitrogens with zero attached hydrogens (tertiary/aromatic N) is 4. The van der Waals surface area contributed by atoms with Crippen LogP contribution >= 0.6 is 0 Å². The Morgan fingerprint density at radius 1 is 1.22 bits per heavy atom. The lowest BCUT2D eigenvalue weighted by molar-refractivity contribution is -0.189. The molecule has 0 bridgehead atoms. The van der Waals surface area contributed by atoms with E-state index in [2.05, 4.69) is 5.10 Å². The summed E-state index contributed by atoms with van der Waals surface area (Å²) in [6.07, 6.45) is -4.99. The molecule has 164 valence electrons. The molecule has 0 saturated heterocycles. The molecule has 0 saturated carbocycles. The number of hydrogen-bond acceptors (Lipinski definition) is 4. The third kappa shape index (κ3) is 4.30. The van der Waals surface area contributed by atoms with E-state index in [1.54, 1.807) is 6.20 Å². The van der Waals surface area contributed by atoms with Gasteiger partial charge in [-0.2, -0.15) is 23.5 Å². The molecule has 0 spiro atoms. The van der Waals surface area contributed by atoms with Crippen molar-refractivity contribution in [3.63, 3.8) is 0 Å². The van der Waals surface area contributed by atoms with Crippen LogP contribution in [0.1, 0.15) is 39.7 Å². The summed E-state index contributed by atoms with van der Waals surface area (Å²) in [5.41, 5.74) is 2.88. The first kappa shape index (κ1) is 21.4. The van der Waals surface area contributed by atoms with Gasteiger partial charge in [-0.1, -0.05) is 30.3 Å². The number of amides is 1. The Labute approximate surface area is 182 Å². The zero-order chi connectivity index (χ0) is 22.9. The van der Waals surface area contributed by atoms with Crippen molar-refractivity contribution in [3.05, 3.63) is 82.7 Å². The Kier molecular flexibility index (Phi) is 5.61. The van der Waals surface area contributed by atoms with Crippen molar-refractivity contribution < 1.29 is 22.7 Å². The highest BCUT2D eigenvalue weighted by molar-refractivity contribution is 5.97. The van der Waals surface area contributed by atoms with Gasteiger partial charge in [0.1, 0.15) is 5.75 Å². The van der Waals surface area contributed by atoms with Crippen molar-refractivity contribution in [3.8, 4) is 11.8 Å². The standard InChI is InChI=1S/C23H19F3N4O2/c1-15(23(24,25)26)32-21-8-7-17(10-27)9-19(21)22(31)29-13-18-11-28-30(20(18)14-29)12-16-5-3-2-4-6-16/h2-9,11,15H,12-14H2,1H3/t15-/m0/s1. The lowest BCUT2D eigenvalue weighted by atomic mass is 10.1. The van der Waals surface area contributed by atoms with Gasteiger partial charge in [-0.25, -0.2) is 0 Å². The summed E-state index contributed by atoms with van der Waals surface area (Å²) in [5.74, 6) is -0.713. The van der Waals surface area contributed by atoms with E-state index in [0.717, 1.165) is 23.7 Å². The van der Waals surface area contributed by atoms with E-state index in [9.17, 15) is 23.2 Å². The Morgan fingerprint density at radius 3 is 2.66 bits per heavy atom. The van der Waals surface area contributed by atoms with E-state index < -0.39 is 18.2 Å². The molecule has 2 heterocycles. The van der Waals surface area contributed by atoms with Gasteiger partial charge in [-0.15, -0.1) is 0 Å². The van der Waals surface area contributed by atoms with E-state index >= 15 is 0 Å². The van der Waals surface area contributed by atoms with Gasteiger partial charge < -0.3 is 9.64 Å². The molecule has 32 heavy (non-hydrogen) atoms. The molecule has 4 rings (SSSR count). The van der Waals surface area contributed by atoms with Gasteiger partial charge in [0.15, 0.2) is 6.10 Å². The number of rotatable bonds is 5. The smallest absolute Gasteiger partial charge is 0.425 e. The number of halogens is 3. The predicted octanol–water partition coefficient (Wildman–Crippen LogP) is 4.29. The molecule has 0 radical (unpaired) electrons. The number of ether oxygens (including phenoxy) is 1. The summed E-state index contributed by atoms with van der Waals surface area (Å²) >= 11 is 0. The Hall–Kier alpha value is -3.80. The quantitative estimate of drug-likeness (QED) is 0.594. The van der Waals surface area contributed by atoms with Gasteiger partial charge in [-0.05, 0) is 30.7 Å². The minimum absolute atomic E-state index is 0.0760. The molecule has 1 amide bonds. The first-order valence-corrected chi connectivity index (χ1v) is 9.90. The summed E-state index contributed by atoms with van der Waals surface area (Å²) in [5, 5.41) is 13.6. The molecule has 2 aromatic carbocycles. The summed E-state index contributed by atoms with van der Waals surface area (Å²) in [6, 6.07) is 15.5. The molecule has 0 unspecified atom stereocenters. The fourth-order valence-corrected chi connectivity index (χ4v) is 3.54. The lowest BCUT2D eigenvalue weighted by Gasteiger charge is -2.22. The zero-order valence-corrected chi connectivity index (χ0v) is 17.1. The van der Waals surface area contributed by atoms with Crippen molar-refractivity contribution in [1.82, 2.24) is 14.7 Å². The lowest BCUT2D eigenvalue weighted by Crippen LogP contribution is -2.32. The Morgan fingerprint density at radius 2 is 1.97 bits per heavy atom. The molecule has 1 aromatic heterocycles. The van der Waals surface area contributed by atoms with Crippen molar-refractivity contribution in [2.24, 2.45) is 0 Å². The number of benzene rings is 2. The highest BCUT2D eigenvalue weighted by Crippen LogP contribution is 2.31. The third-order valence-corrected chi connectivity index (χ3v) is 5.30. The maximum Gasteiger partial charge on any atom is 0.425 e. The van der Waals surface area contributed by atoms with Gasteiger partial charge >= 0.3 is 6.18 Å². The SMILES string of the molecule is C[C@H](Oc1ccc(C#N)cc1C(=O)N1Cc2cnn(Cc3ccccc3)c2C1)C(F)(F)F. The second-order valence-electron chi connectivity index (χ2n) is 7.55. The van der Waals surface area contributed by atoms with Crippen molar-refractivity contribution in [2.75, 3.05) is 0 Å². The van der Waals surface area contributed by atoms with E-state index in [4.69, 9.17) is 4.74 Å². The van der Waals surface area contributed by atoms with E-state index in [0.29, 0.717) is 6.54 Å². The van der Waals surface area contributed by atoms with E-state index in [1.807, 2.05) is 41.1 Å². The zero-order valence-electron chi connectivity index (χ0n) is 17.1. The van der Waals surface area contributed by atoms with Crippen LogP contribution in [0.4, 0.5) is 13.2 Å². The van der Waals surface area contributed by atoms with Gasteiger partial charge in [0.2, 0.25) is 0 Å². The molecule has 1 aliphatic rings. The average Bonchev–Trinajstić information content (AvgIpc) is 3.35. The summed E-state index contributed by atoms with van der Waals surface area (Å²) < 4.78 is 45.8. The molecular formula is C23H19F3N4O2. The first-order valence-electron chi connectivity index (χ1n) is 9.90. The van der Waals surface area contributed by atoms with Crippen LogP contribution in [0.3, 0.4) is 0 Å². The van der Waals surface area contributed by atoms with Gasteiger partial charge in [0.05, 0.1) is 42.2 Å². The molecule has 1 atom stereocenters. The minimum Gasteiger partial charge on any atom is -0.480 e. The van der Waals surface area contributed by atoms with Gasteiger partial charge in [0.25, 0.3) is 5.91 Å². The van der Waals surface area contributed by atoms with Crippen LogP contribution in [0, 0.1) is 11.3 Å². The second-order valence-corrected chi connectivity index (χ2v) is 7.55. The third-order valence-electron chi connectivity index (χ3n) is 5.30. The van der Waals surface area contributed by atoms with Crippen LogP contribution in [-0.4, -0.2) is 32.9 Å². The summed E-state index contributed by atoms with van der Waals surface area (Å²) in [4.78, 5) is 14.7. The fourth-order valence-electron chi connectivity index (χ4n) is 3.54. The number of hydrogen-bond donors (Lipinski definition) is 0. The van der Waals surface area contributed by atoms with Crippen LogP contribution in [0.15, 0.2) is 54.7 Å². The minimum atomic E-state index is -4.58. The topological polar surface area (TPSA) is 71.2 Å². The second kappa shape index (κ2) is 8.38. The maximum absolute atomic E-state index is 13.2. The monoisotopic (exact) mass is 440 g/mol. The largest absolute Gasteiger partial charge is 0.480 e. The van der Waals surface area contributed by atoms with E-state index in [1.165, 1.54) is 23.1 Å². The van der Waals surface area contributed by atoms with Gasteiger partial charge in [0, 0.05) is 12.1 Å². The van der Waals surface area contributed by atoms with Crippen molar-refractivity contribution >= 4 is 5.91 Å². The Balaban J connectivity index is 1.57. The number of carbonyl (C=O) groups excluding carboxylic acids is 1. The number of nitriles is 1. The number of carbonyl (C=O) groups is 1. The number of fused-ring (bicyclic) bond motifs is 1. The molecule has 9 heteroatoms. The fraction of sp³-hybridized carbons (Fsp3) is 0.261. The molecular weight excluding hydrogens is 421 g/mol. The van der Waals surface area contributed by atoms with Gasteiger partial charge in [-0.3, -0.25) is 9.48 Å². The molecule has 3 aromatic rings. The predicted molar refractivity (Wildman–Crippen MR) is 109 cm³/mol. The Bertz CT molecular complexity index is 1180. The van der Waals surface area contributed by atoms with Crippen molar-refractivity contribution in [1.29, 1.82) is 5.26 Å². The molecule has 1 aliphatic heterocycles.